The van der Waals surface area contributed by atoms with Crippen molar-refractivity contribution in [2.75, 3.05) is 11.9 Å². The summed E-state index contributed by atoms with van der Waals surface area (Å²) in [6.07, 6.45) is 1.16. The normalized spacial score (nSPS) is 10.7. The van der Waals surface area contributed by atoms with E-state index < -0.39 is 5.82 Å². The Morgan fingerprint density at radius 2 is 2.17 bits per heavy atom. The molecule has 0 aromatic heterocycles. The zero-order chi connectivity index (χ0) is 13.5. The molecule has 3 nitrogen and oxygen atoms in total. The molecule has 1 amide bonds. The Morgan fingerprint density at radius 3 is 2.78 bits per heavy atom. The quantitative estimate of drug-likeness (QED) is 0.781. The summed E-state index contributed by atoms with van der Waals surface area (Å²) in [7, 11) is 0. The highest BCUT2D eigenvalue weighted by Crippen LogP contribution is 2.22. The Hall–Kier alpha value is -1.13. The van der Waals surface area contributed by atoms with Crippen molar-refractivity contribution in [2.45, 2.75) is 32.7 Å². The second-order valence-electron chi connectivity index (χ2n) is 4.38. The second kappa shape index (κ2) is 7.34. The van der Waals surface area contributed by atoms with E-state index in [1.807, 2.05) is 0 Å². The first-order chi connectivity index (χ1) is 8.49. The molecule has 0 bridgehead atoms. The van der Waals surface area contributed by atoms with Crippen molar-refractivity contribution in [1.82, 2.24) is 5.32 Å². The number of rotatable bonds is 6. The third-order valence-electron chi connectivity index (χ3n) is 2.34. The molecule has 0 aliphatic rings. The van der Waals surface area contributed by atoms with Crippen LogP contribution in [0.2, 0.25) is 5.02 Å². The largest absolute Gasteiger partial charge is 0.325 e. The third kappa shape index (κ3) is 5.47. The molecule has 18 heavy (non-hydrogen) atoms. The first-order valence-corrected chi connectivity index (χ1v) is 6.35. The summed E-state index contributed by atoms with van der Waals surface area (Å²) in [4.78, 5) is 11.6. The summed E-state index contributed by atoms with van der Waals surface area (Å²) in [5, 5.41) is 6.10. The van der Waals surface area contributed by atoms with Crippen LogP contribution in [0.5, 0.6) is 0 Å². The van der Waals surface area contributed by atoms with Gasteiger partial charge in [0.05, 0.1) is 10.7 Å². The van der Waals surface area contributed by atoms with Crippen molar-refractivity contribution in [3.05, 3.63) is 29.0 Å². The average molecular weight is 273 g/mol. The van der Waals surface area contributed by atoms with Gasteiger partial charge in [0.25, 0.3) is 0 Å². The van der Waals surface area contributed by atoms with Gasteiger partial charge in [-0.1, -0.05) is 25.4 Å². The minimum Gasteiger partial charge on any atom is -0.325 e. The monoisotopic (exact) mass is 272 g/mol. The van der Waals surface area contributed by atoms with Gasteiger partial charge in [0.2, 0.25) is 5.91 Å². The van der Waals surface area contributed by atoms with Gasteiger partial charge in [-0.2, -0.15) is 0 Å². The molecule has 5 heteroatoms. The first-order valence-electron chi connectivity index (χ1n) is 5.97. The maximum Gasteiger partial charge on any atom is 0.224 e. The molecule has 1 aromatic rings. The fraction of sp³-hybridized carbons (Fsp3) is 0.462. The number of amides is 1. The van der Waals surface area contributed by atoms with Crippen LogP contribution in [-0.4, -0.2) is 18.5 Å². The van der Waals surface area contributed by atoms with Crippen LogP contribution in [-0.2, 0) is 4.79 Å². The van der Waals surface area contributed by atoms with Crippen LogP contribution in [0.1, 0.15) is 26.7 Å². The Kier molecular flexibility index (Phi) is 6.09. The van der Waals surface area contributed by atoms with E-state index in [4.69, 9.17) is 11.6 Å². The molecule has 0 aliphatic heterocycles. The van der Waals surface area contributed by atoms with Crippen LogP contribution < -0.4 is 10.6 Å². The summed E-state index contributed by atoms with van der Waals surface area (Å²) in [5.41, 5.74) is 0.444. The summed E-state index contributed by atoms with van der Waals surface area (Å²) in [6.45, 7) is 4.90. The molecular weight excluding hydrogens is 255 g/mol. The Bertz CT molecular complexity index is 410. The van der Waals surface area contributed by atoms with Gasteiger partial charge in [0.15, 0.2) is 0 Å². The summed E-state index contributed by atoms with van der Waals surface area (Å²) in [5.74, 6) is -0.534. The predicted molar refractivity (Wildman–Crippen MR) is 72.4 cm³/mol. The van der Waals surface area contributed by atoms with E-state index in [1.165, 1.54) is 18.2 Å². The molecule has 0 saturated carbocycles. The zero-order valence-electron chi connectivity index (χ0n) is 10.6. The van der Waals surface area contributed by atoms with E-state index in [2.05, 4.69) is 24.5 Å². The third-order valence-corrected chi connectivity index (χ3v) is 2.65. The Labute approximate surface area is 112 Å². The maximum atomic E-state index is 12.8. The van der Waals surface area contributed by atoms with Gasteiger partial charge in [-0.15, -0.1) is 0 Å². The van der Waals surface area contributed by atoms with Gasteiger partial charge < -0.3 is 10.6 Å². The minimum absolute atomic E-state index is 0.117. The number of carbonyl (C=O) groups is 1. The molecule has 0 atom stereocenters. The predicted octanol–water partition coefficient (Wildman–Crippen LogP) is 3.20. The van der Waals surface area contributed by atoms with Gasteiger partial charge in [0.1, 0.15) is 5.82 Å². The van der Waals surface area contributed by atoms with Crippen molar-refractivity contribution in [2.24, 2.45) is 0 Å². The zero-order valence-corrected chi connectivity index (χ0v) is 11.4. The fourth-order valence-corrected chi connectivity index (χ4v) is 1.66. The van der Waals surface area contributed by atoms with Gasteiger partial charge >= 0.3 is 0 Å². The van der Waals surface area contributed by atoms with E-state index in [-0.39, 0.29) is 10.9 Å². The number of anilines is 1. The van der Waals surface area contributed by atoms with Crippen LogP contribution in [0.4, 0.5) is 10.1 Å². The van der Waals surface area contributed by atoms with Gasteiger partial charge in [-0.3, -0.25) is 4.79 Å². The van der Waals surface area contributed by atoms with Crippen LogP contribution in [0.25, 0.3) is 0 Å². The molecule has 0 unspecified atom stereocenters. The molecule has 0 fully saturated rings. The van der Waals surface area contributed by atoms with Crippen molar-refractivity contribution in [3.8, 4) is 0 Å². The van der Waals surface area contributed by atoms with E-state index in [0.717, 1.165) is 13.0 Å². The summed E-state index contributed by atoms with van der Waals surface area (Å²) < 4.78 is 12.8. The standard InChI is InChI=1S/C13H18ClFN2O/c1-9(2)16-7-3-4-13(18)17-12-6-5-10(15)8-11(12)14/h5-6,8-9,16H,3-4,7H2,1-2H3,(H,17,18). The van der Waals surface area contributed by atoms with Crippen LogP contribution in [0, 0.1) is 5.82 Å². The molecular formula is C13H18ClFN2O. The SMILES string of the molecule is CC(C)NCCCC(=O)Nc1ccc(F)cc1Cl. The maximum absolute atomic E-state index is 12.8. The van der Waals surface area contributed by atoms with E-state index in [9.17, 15) is 9.18 Å². The van der Waals surface area contributed by atoms with Crippen molar-refractivity contribution in [3.63, 3.8) is 0 Å². The highest BCUT2D eigenvalue weighted by atomic mass is 35.5. The number of halogens is 2. The highest BCUT2D eigenvalue weighted by Gasteiger charge is 2.06. The smallest absolute Gasteiger partial charge is 0.224 e. The Balaban J connectivity index is 2.35. The molecule has 0 heterocycles. The van der Waals surface area contributed by atoms with E-state index >= 15 is 0 Å². The molecule has 0 radical (unpaired) electrons. The number of nitrogens with one attached hydrogen (secondary N) is 2. The second-order valence-corrected chi connectivity index (χ2v) is 4.79. The average Bonchev–Trinajstić information content (AvgIpc) is 2.28. The van der Waals surface area contributed by atoms with Gasteiger partial charge in [-0.25, -0.2) is 4.39 Å². The topological polar surface area (TPSA) is 41.1 Å². The molecule has 100 valence electrons. The molecule has 1 rings (SSSR count). The van der Waals surface area contributed by atoms with Gasteiger partial charge in [-0.05, 0) is 31.2 Å². The lowest BCUT2D eigenvalue weighted by atomic mass is 10.2. The number of benzene rings is 1. The van der Waals surface area contributed by atoms with Crippen LogP contribution in [0.15, 0.2) is 18.2 Å². The van der Waals surface area contributed by atoms with E-state index in [1.54, 1.807) is 0 Å². The molecule has 0 aliphatic carbocycles. The number of hydrogen-bond acceptors (Lipinski definition) is 2. The van der Waals surface area contributed by atoms with Crippen molar-refractivity contribution in [1.29, 1.82) is 0 Å². The lowest BCUT2D eigenvalue weighted by Gasteiger charge is -2.09. The van der Waals surface area contributed by atoms with Crippen LogP contribution in [0.3, 0.4) is 0 Å². The fourth-order valence-electron chi connectivity index (χ4n) is 1.44. The summed E-state index contributed by atoms with van der Waals surface area (Å²) >= 11 is 5.81. The molecule has 0 spiro atoms. The number of hydrogen-bond donors (Lipinski definition) is 2. The lowest BCUT2D eigenvalue weighted by molar-refractivity contribution is -0.116. The molecule has 2 N–H and O–H groups in total. The molecule has 0 saturated heterocycles. The summed E-state index contributed by atoms with van der Waals surface area (Å²) in [6, 6.07) is 4.32. The molecule has 1 aromatic carbocycles. The highest BCUT2D eigenvalue weighted by molar-refractivity contribution is 6.33. The van der Waals surface area contributed by atoms with Crippen LogP contribution >= 0.6 is 11.6 Å². The van der Waals surface area contributed by atoms with Crippen molar-refractivity contribution >= 4 is 23.2 Å². The number of carbonyl (C=O) groups excluding carboxylic acids is 1. The van der Waals surface area contributed by atoms with Crippen molar-refractivity contribution < 1.29 is 9.18 Å². The lowest BCUT2D eigenvalue weighted by Crippen LogP contribution is -2.24. The first kappa shape index (κ1) is 14.9. The van der Waals surface area contributed by atoms with Gasteiger partial charge in [0, 0.05) is 12.5 Å². The Morgan fingerprint density at radius 1 is 1.44 bits per heavy atom. The van der Waals surface area contributed by atoms with E-state index in [0.29, 0.717) is 18.2 Å². The minimum atomic E-state index is -0.417.